The summed E-state index contributed by atoms with van der Waals surface area (Å²) >= 11 is 7.51. The molecule has 158 valence electrons. The molecule has 0 bridgehead atoms. The van der Waals surface area contributed by atoms with Gasteiger partial charge in [0.1, 0.15) is 19.0 Å². The molecule has 2 aromatic rings. The van der Waals surface area contributed by atoms with Crippen LogP contribution in [0.25, 0.3) is 0 Å². The zero-order chi connectivity index (χ0) is 20.9. The lowest BCUT2D eigenvalue weighted by atomic mass is 10.1. The SMILES string of the molecule is O=S1(=O)C[C@@H]2N=C(SCc3c(F)cccc3Cl)N(c3ccc4c(c3)OCCO4)[C@@H]2C1. The quantitative estimate of drug-likeness (QED) is 0.686. The fourth-order valence-corrected chi connectivity index (χ4v) is 7.23. The number of hydrogen-bond donors (Lipinski definition) is 0. The molecule has 5 rings (SSSR count). The number of sulfone groups is 1. The number of nitrogens with zero attached hydrogens (tertiary/aromatic N) is 2. The highest BCUT2D eigenvalue weighted by molar-refractivity contribution is 8.13. The summed E-state index contributed by atoms with van der Waals surface area (Å²) in [7, 11) is -3.16. The third-order valence-electron chi connectivity index (χ3n) is 5.32. The molecule has 3 aliphatic heterocycles. The van der Waals surface area contributed by atoms with Crippen molar-refractivity contribution in [2.75, 3.05) is 29.6 Å². The average molecular weight is 469 g/mol. The predicted molar refractivity (Wildman–Crippen MR) is 116 cm³/mol. The Morgan fingerprint density at radius 2 is 1.97 bits per heavy atom. The number of amidine groups is 1. The van der Waals surface area contributed by atoms with E-state index >= 15 is 0 Å². The first-order valence-corrected chi connectivity index (χ1v) is 12.6. The van der Waals surface area contributed by atoms with E-state index in [-0.39, 0.29) is 35.2 Å². The molecule has 0 N–H and O–H groups in total. The third-order valence-corrected chi connectivity index (χ3v) is 8.36. The van der Waals surface area contributed by atoms with Crippen LogP contribution >= 0.6 is 23.4 Å². The number of anilines is 1. The Morgan fingerprint density at radius 1 is 1.17 bits per heavy atom. The highest BCUT2D eigenvalue weighted by Crippen LogP contribution is 2.40. The van der Waals surface area contributed by atoms with E-state index in [9.17, 15) is 12.8 Å². The topological polar surface area (TPSA) is 68.2 Å². The second kappa shape index (κ2) is 7.62. The summed E-state index contributed by atoms with van der Waals surface area (Å²) in [5, 5.41) is 1.01. The molecule has 30 heavy (non-hydrogen) atoms. The first kappa shape index (κ1) is 20.0. The van der Waals surface area contributed by atoms with E-state index in [1.165, 1.54) is 17.8 Å². The summed E-state index contributed by atoms with van der Waals surface area (Å²) in [6, 6.07) is 9.47. The van der Waals surface area contributed by atoms with Crippen LogP contribution in [0.15, 0.2) is 41.4 Å². The summed E-state index contributed by atoms with van der Waals surface area (Å²) in [5.41, 5.74) is 1.17. The van der Waals surface area contributed by atoms with Crippen molar-refractivity contribution in [1.29, 1.82) is 0 Å². The Bertz CT molecular complexity index is 1120. The number of benzene rings is 2. The third kappa shape index (κ3) is 3.63. The van der Waals surface area contributed by atoms with Gasteiger partial charge in [-0.25, -0.2) is 12.8 Å². The van der Waals surface area contributed by atoms with Crippen LogP contribution in [0, 0.1) is 5.82 Å². The minimum atomic E-state index is -3.16. The van der Waals surface area contributed by atoms with Gasteiger partial charge in [-0.05, 0) is 24.3 Å². The van der Waals surface area contributed by atoms with Crippen molar-refractivity contribution in [3.05, 3.63) is 52.8 Å². The molecular formula is C20H18ClFN2O4S2. The lowest BCUT2D eigenvalue weighted by molar-refractivity contribution is 0.171. The van der Waals surface area contributed by atoms with E-state index in [1.54, 1.807) is 12.1 Å². The molecule has 1 fully saturated rings. The molecule has 0 amide bonds. The van der Waals surface area contributed by atoms with Gasteiger partial charge in [0.05, 0.1) is 23.6 Å². The van der Waals surface area contributed by atoms with Crippen LogP contribution in [0.3, 0.4) is 0 Å². The van der Waals surface area contributed by atoms with Crippen LogP contribution in [0.5, 0.6) is 11.5 Å². The minimum absolute atomic E-state index is 0.0171. The maximum Gasteiger partial charge on any atom is 0.164 e. The number of rotatable bonds is 3. The maximum absolute atomic E-state index is 14.2. The minimum Gasteiger partial charge on any atom is -0.486 e. The summed E-state index contributed by atoms with van der Waals surface area (Å²) in [4.78, 5) is 6.60. The summed E-state index contributed by atoms with van der Waals surface area (Å²) in [6.45, 7) is 0.948. The molecule has 0 radical (unpaired) electrons. The van der Waals surface area contributed by atoms with Crippen molar-refractivity contribution in [2.45, 2.75) is 17.8 Å². The number of thioether (sulfide) groups is 1. The lowest BCUT2D eigenvalue weighted by Gasteiger charge is -2.28. The van der Waals surface area contributed by atoms with Gasteiger partial charge in [-0.1, -0.05) is 29.4 Å². The van der Waals surface area contributed by atoms with Crippen molar-refractivity contribution in [3.8, 4) is 11.5 Å². The highest BCUT2D eigenvalue weighted by Gasteiger charge is 2.47. The van der Waals surface area contributed by atoms with Gasteiger partial charge in [0, 0.05) is 28.1 Å². The van der Waals surface area contributed by atoms with Crippen LogP contribution in [0.1, 0.15) is 5.56 Å². The zero-order valence-corrected chi connectivity index (χ0v) is 18.1. The maximum atomic E-state index is 14.2. The normalized spacial score (nSPS) is 23.9. The second-order valence-electron chi connectivity index (χ2n) is 7.31. The summed E-state index contributed by atoms with van der Waals surface area (Å²) in [5.74, 6) is 1.23. The van der Waals surface area contributed by atoms with Gasteiger partial charge < -0.3 is 14.4 Å². The number of aliphatic imine (C=N–C) groups is 1. The van der Waals surface area contributed by atoms with Crippen LogP contribution < -0.4 is 14.4 Å². The van der Waals surface area contributed by atoms with Gasteiger partial charge in [-0.3, -0.25) is 4.99 Å². The summed E-state index contributed by atoms with van der Waals surface area (Å²) in [6.07, 6.45) is 0. The Kier molecular flexibility index (Phi) is 5.07. The fraction of sp³-hybridized carbons (Fsp3) is 0.350. The molecule has 0 saturated carbocycles. The molecule has 10 heteroatoms. The van der Waals surface area contributed by atoms with Gasteiger partial charge in [0.2, 0.25) is 0 Å². The first-order chi connectivity index (χ1) is 14.4. The van der Waals surface area contributed by atoms with E-state index in [2.05, 4.69) is 4.99 Å². The zero-order valence-electron chi connectivity index (χ0n) is 15.8. The summed E-state index contributed by atoms with van der Waals surface area (Å²) < 4.78 is 49.9. The number of halogens is 2. The van der Waals surface area contributed by atoms with Crippen molar-refractivity contribution in [3.63, 3.8) is 0 Å². The number of fused-ring (bicyclic) bond motifs is 2. The second-order valence-corrected chi connectivity index (χ2v) is 10.8. The monoisotopic (exact) mass is 468 g/mol. The van der Waals surface area contributed by atoms with E-state index in [1.807, 2.05) is 23.1 Å². The predicted octanol–water partition coefficient (Wildman–Crippen LogP) is 3.53. The van der Waals surface area contributed by atoms with E-state index in [0.717, 1.165) is 5.69 Å². The van der Waals surface area contributed by atoms with Gasteiger partial charge in [-0.2, -0.15) is 0 Å². The van der Waals surface area contributed by atoms with E-state index < -0.39 is 9.84 Å². The van der Waals surface area contributed by atoms with Gasteiger partial charge in [0.15, 0.2) is 26.5 Å². The molecule has 2 aromatic carbocycles. The van der Waals surface area contributed by atoms with Gasteiger partial charge >= 0.3 is 0 Å². The standard InChI is InChI=1S/C20H18ClFN2O4S2/c21-14-2-1-3-15(22)13(14)9-29-20-23-16-10-30(25,26)11-17(16)24(20)12-4-5-18-19(8-12)28-7-6-27-18/h1-5,8,16-17H,6-7,9-11H2/t16-,17+/m0/s1. The number of hydrogen-bond acceptors (Lipinski definition) is 7. The van der Waals surface area contributed by atoms with Gasteiger partial charge in [0.25, 0.3) is 0 Å². The van der Waals surface area contributed by atoms with Crippen molar-refractivity contribution in [1.82, 2.24) is 0 Å². The Labute approximate surface area is 182 Å². The number of ether oxygens (including phenoxy) is 2. The Balaban J connectivity index is 1.47. The molecule has 3 aliphatic rings. The molecule has 3 heterocycles. The largest absolute Gasteiger partial charge is 0.486 e. The molecule has 0 unspecified atom stereocenters. The molecule has 0 aliphatic carbocycles. The van der Waals surface area contributed by atoms with Crippen LogP contribution in [0.2, 0.25) is 5.02 Å². The van der Waals surface area contributed by atoms with E-state index in [0.29, 0.717) is 40.5 Å². The smallest absolute Gasteiger partial charge is 0.164 e. The molecular weight excluding hydrogens is 451 g/mol. The molecule has 1 saturated heterocycles. The highest BCUT2D eigenvalue weighted by atomic mass is 35.5. The molecule has 0 aromatic heterocycles. The van der Waals surface area contributed by atoms with Crippen LogP contribution in [-0.2, 0) is 15.6 Å². The molecule has 0 spiro atoms. The Morgan fingerprint density at radius 3 is 2.77 bits per heavy atom. The van der Waals surface area contributed by atoms with Gasteiger partial charge in [-0.15, -0.1) is 0 Å². The Hall–Kier alpha value is -1.97. The average Bonchev–Trinajstić information content (AvgIpc) is 3.18. The van der Waals surface area contributed by atoms with Crippen LogP contribution in [-0.4, -0.2) is 50.4 Å². The lowest BCUT2D eigenvalue weighted by Crippen LogP contribution is -2.39. The van der Waals surface area contributed by atoms with Crippen molar-refractivity contribution >= 4 is 44.1 Å². The molecule has 2 atom stereocenters. The fourth-order valence-electron chi connectivity index (χ4n) is 3.92. The first-order valence-electron chi connectivity index (χ1n) is 9.44. The van der Waals surface area contributed by atoms with Crippen LogP contribution in [0.4, 0.5) is 10.1 Å². The van der Waals surface area contributed by atoms with Crippen molar-refractivity contribution < 1.29 is 22.3 Å². The van der Waals surface area contributed by atoms with Crippen molar-refractivity contribution in [2.24, 2.45) is 4.99 Å². The van der Waals surface area contributed by atoms with E-state index in [4.69, 9.17) is 21.1 Å². The molecule has 6 nitrogen and oxygen atoms in total.